The Kier molecular flexibility index (Phi) is 7.65. The molecule has 2 N–H and O–H groups in total. The second-order valence-electron chi connectivity index (χ2n) is 8.72. The summed E-state index contributed by atoms with van der Waals surface area (Å²) >= 11 is 0. The first-order valence-electron chi connectivity index (χ1n) is 12.3. The molecule has 188 valence electrons. The van der Waals surface area contributed by atoms with Gasteiger partial charge in [0.2, 0.25) is 0 Å². The zero-order valence-corrected chi connectivity index (χ0v) is 20.6. The monoisotopic (exact) mass is 502 g/mol. The SMILES string of the molecule is O=C(O)CC(c1ccc(-c2ccccc2)cc1)c1ccnc(Oc2ccc(CNc3ccccn3)cc2)n1. The van der Waals surface area contributed by atoms with Gasteiger partial charge in [0.1, 0.15) is 11.6 Å². The minimum atomic E-state index is -0.905. The van der Waals surface area contributed by atoms with E-state index in [-0.39, 0.29) is 12.4 Å². The lowest BCUT2D eigenvalue weighted by atomic mass is 9.91. The molecule has 2 aromatic heterocycles. The van der Waals surface area contributed by atoms with Gasteiger partial charge in [-0.05, 0) is 52.6 Å². The lowest BCUT2D eigenvalue weighted by Gasteiger charge is -2.16. The number of aliphatic carboxylic acids is 1. The molecule has 5 aromatic rings. The van der Waals surface area contributed by atoms with Crippen LogP contribution in [0.3, 0.4) is 0 Å². The van der Waals surface area contributed by atoms with E-state index in [1.165, 1.54) is 0 Å². The highest BCUT2D eigenvalue weighted by molar-refractivity contribution is 5.69. The molecule has 38 heavy (non-hydrogen) atoms. The molecule has 1 unspecified atom stereocenters. The molecular weight excluding hydrogens is 476 g/mol. The minimum Gasteiger partial charge on any atom is -0.481 e. The molecule has 0 bridgehead atoms. The maximum atomic E-state index is 11.7. The third kappa shape index (κ3) is 6.39. The van der Waals surface area contributed by atoms with Gasteiger partial charge >= 0.3 is 12.0 Å². The van der Waals surface area contributed by atoms with Crippen LogP contribution in [0.2, 0.25) is 0 Å². The second kappa shape index (κ2) is 11.8. The van der Waals surface area contributed by atoms with Crippen LogP contribution in [-0.4, -0.2) is 26.0 Å². The molecule has 0 aliphatic heterocycles. The van der Waals surface area contributed by atoms with Crippen LogP contribution in [0.15, 0.2) is 116 Å². The summed E-state index contributed by atoms with van der Waals surface area (Å²) in [6.45, 7) is 0.628. The zero-order chi connectivity index (χ0) is 26.2. The fourth-order valence-electron chi connectivity index (χ4n) is 4.14. The highest BCUT2D eigenvalue weighted by Gasteiger charge is 2.20. The van der Waals surface area contributed by atoms with E-state index >= 15 is 0 Å². The summed E-state index contributed by atoms with van der Waals surface area (Å²) in [7, 11) is 0. The van der Waals surface area contributed by atoms with Gasteiger partial charge in [-0.25, -0.2) is 9.97 Å². The van der Waals surface area contributed by atoms with Crippen molar-refractivity contribution in [2.24, 2.45) is 0 Å². The van der Waals surface area contributed by atoms with Crippen LogP contribution in [-0.2, 0) is 11.3 Å². The number of nitrogens with zero attached hydrogens (tertiary/aromatic N) is 3. The Morgan fingerprint density at radius 2 is 1.53 bits per heavy atom. The quantitative estimate of drug-likeness (QED) is 0.223. The van der Waals surface area contributed by atoms with Gasteiger partial charge in [-0.3, -0.25) is 4.79 Å². The Morgan fingerprint density at radius 3 is 2.24 bits per heavy atom. The van der Waals surface area contributed by atoms with Gasteiger partial charge in [0, 0.05) is 24.9 Å². The number of benzene rings is 3. The molecule has 0 saturated heterocycles. The fourth-order valence-corrected chi connectivity index (χ4v) is 4.14. The maximum absolute atomic E-state index is 11.7. The average molecular weight is 503 g/mol. The van der Waals surface area contributed by atoms with Crippen molar-refractivity contribution in [3.05, 3.63) is 132 Å². The number of anilines is 1. The van der Waals surface area contributed by atoms with Crippen LogP contribution in [0.5, 0.6) is 11.8 Å². The Labute approximate surface area is 220 Å². The van der Waals surface area contributed by atoms with Gasteiger partial charge in [0.05, 0.1) is 12.1 Å². The summed E-state index contributed by atoms with van der Waals surface area (Å²) < 4.78 is 5.90. The number of ether oxygens (including phenoxy) is 1. The van der Waals surface area contributed by atoms with E-state index in [2.05, 4.69) is 20.3 Å². The molecule has 0 saturated carbocycles. The van der Waals surface area contributed by atoms with Crippen molar-refractivity contribution in [3.8, 4) is 22.9 Å². The number of hydrogen-bond donors (Lipinski definition) is 2. The van der Waals surface area contributed by atoms with Crippen LogP contribution >= 0.6 is 0 Å². The highest BCUT2D eigenvalue weighted by atomic mass is 16.5. The summed E-state index contributed by atoms with van der Waals surface area (Å²) in [4.78, 5) is 24.8. The molecule has 2 heterocycles. The predicted molar refractivity (Wildman–Crippen MR) is 146 cm³/mol. The normalized spacial score (nSPS) is 11.5. The van der Waals surface area contributed by atoms with Crippen molar-refractivity contribution in [1.29, 1.82) is 0 Å². The van der Waals surface area contributed by atoms with E-state index in [0.29, 0.717) is 18.0 Å². The van der Waals surface area contributed by atoms with Crippen molar-refractivity contribution in [2.45, 2.75) is 18.9 Å². The smallest absolute Gasteiger partial charge is 0.322 e. The fraction of sp³-hybridized carbons (Fsp3) is 0.0968. The van der Waals surface area contributed by atoms with E-state index < -0.39 is 11.9 Å². The summed E-state index contributed by atoms with van der Waals surface area (Å²) in [5.41, 5.74) is 4.68. The van der Waals surface area contributed by atoms with Crippen molar-refractivity contribution in [2.75, 3.05) is 5.32 Å². The maximum Gasteiger partial charge on any atom is 0.322 e. The molecule has 1 atom stereocenters. The number of hydrogen-bond acceptors (Lipinski definition) is 6. The van der Waals surface area contributed by atoms with Crippen molar-refractivity contribution < 1.29 is 14.6 Å². The van der Waals surface area contributed by atoms with E-state index in [0.717, 1.165) is 28.1 Å². The molecule has 0 fully saturated rings. The Morgan fingerprint density at radius 1 is 0.789 bits per heavy atom. The highest BCUT2D eigenvalue weighted by Crippen LogP contribution is 2.30. The van der Waals surface area contributed by atoms with Crippen LogP contribution in [0.25, 0.3) is 11.1 Å². The molecular formula is C31H26N4O3. The Hall–Kier alpha value is -5.04. The van der Waals surface area contributed by atoms with Crippen LogP contribution in [0.1, 0.15) is 29.2 Å². The average Bonchev–Trinajstić information content (AvgIpc) is 2.97. The van der Waals surface area contributed by atoms with Crippen molar-refractivity contribution in [1.82, 2.24) is 15.0 Å². The van der Waals surface area contributed by atoms with Crippen molar-refractivity contribution >= 4 is 11.8 Å². The van der Waals surface area contributed by atoms with Gasteiger partial charge in [-0.15, -0.1) is 0 Å². The first-order chi connectivity index (χ1) is 18.6. The number of carbonyl (C=O) groups is 1. The molecule has 7 nitrogen and oxygen atoms in total. The number of rotatable bonds is 10. The molecule has 0 radical (unpaired) electrons. The summed E-state index contributed by atoms with van der Waals surface area (Å²) in [5.74, 6) is 0.0511. The lowest BCUT2D eigenvalue weighted by Crippen LogP contribution is -2.10. The summed E-state index contributed by atoms with van der Waals surface area (Å²) in [6.07, 6.45) is 3.24. The summed E-state index contributed by atoms with van der Waals surface area (Å²) in [5, 5.41) is 12.9. The van der Waals surface area contributed by atoms with Crippen LogP contribution in [0.4, 0.5) is 5.82 Å². The van der Waals surface area contributed by atoms with Gasteiger partial charge in [-0.1, -0.05) is 72.8 Å². The van der Waals surface area contributed by atoms with Gasteiger partial charge in [0.15, 0.2) is 0 Å². The standard InChI is InChI=1S/C31H26N4O3/c36-30(37)20-27(25-13-11-24(12-14-25)23-6-2-1-3-7-23)28-17-19-33-31(35-28)38-26-15-9-22(10-16-26)21-34-29-8-4-5-18-32-29/h1-19,27H,20-21H2,(H,32,34)(H,36,37). The van der Waals surface area contributed by atoms with Gasteiger partial charge in [-0.2, -0.15) is 4.98 Å². The predicted octanol–water partition coefficient (Wildman–Crippen LogP) is 6.55. The summed E-state index contributed by atoms with van der Waals surface area (Å²) in [6, 6.07) is 33.2. The molecule has 0 amide bonds. The van der Waals surface area contributed by atoms with E-state index in [9.17, 15) is 9.90 Å². The third-order valence-electron chi connectivity index (χ3n) is 6.08. The third-order valence-corrected chi connectivity index (χ3v) is 6.08. The number of carboxylic acid groups (broad SMARTS) is 1. The number of aromatic nitrogens is 3. The van der Waals surface area contributed by atoms with E-state index in [4.69, 9.17) is 4.74 Å². The van der Waals surface area contributed by atoms with Gasteiger partial charge < -0.3 is 15.2 Å². The zero-order valence-electron chi connectivity index (χ0n) is 20.6. The topological polar surface area (TPSA) is 97.2 Å². The largest absolute Gasteiger partial charge is 0.481 e. The molecule has 0 aliphatic carbocycles. The Bertz CT molecular complexity index is 1480. The van der Waals surface area contributed by atoms with Crippen LogP contribution < -0.4 is 10.1 Å². The molecule has 0 aliphatic rings. The molecule has 7 heteroatoms. The second-order valence-corrected chi connectivity index (χ2v) is 8.72. The minimum absolute atomic E-state index is 0.0981. The first-order valence-corrected chi connectivity index (χ1v) is 12.3. The first kappa shape index (κ1) is 24.6. The molecule has 3 aromatic carbocycles. The number of carboxylic acids is 1. The van der Waals surface area contributed by atoms with E-state index in [1.54, 1.807) is 18.5 Å². The number of nitrogens with one attached hydrogen (secondary N) is 1. The molecule has 0 spiro atoms. The molecule has 5 rings (SSSR count). The van der Waals surface area contributed by atoms with Gasteiger partial charge in [0.25, 0.3) is 0 Å². The van der Waals surface area contributed by atoms with Crippen LogP contribution in [0, 0.1) is 0 Å². The van der Waals surface area contributed by atoms with E-state index in [1.807, 2.05) is 97.1 Å². The number of pyridine rings is 1. The lowest BCUT2D eigenvalue weighted by molar-refractivity contribution is -0.137. The Balaban J connectivity index is 1.30. The van der Waals surface area contributed by atoms with Crippen molar-refractivity contribution in [3.63, 3.8) is 0 Å².